The second-order valence-corrected chi connectivity index (χ2v) is 4.92. The van der Waals surface area contributed by atoms with E-state index in [1.165, 1.54) is 0 Å². The van der Waals surface area contributed by atoms with Crippen molar-refractivity contribution in [2.45, 2.75) is 18.9 Å². The Labute approximate surface area is 119 Å². The fourth-order valence-electron chi connectivity index (χ4n) is 2.62. The number of nitrogens with one attached hydrogen (secondary N) is 1. The van der Waals surface area contributed by atoms with Gasteiger partial charge in [-0.3, -0.25) is 4.79 Å². The lowest BCUT2D eigenvalue weighted by atomic mass is 10.0. The summed E-state index contributed by atoms with van der Waals surface area (Å²) >= 11 is 0. The molecule has 1 aliphatic rings. The van der Waals surface area contributed by atoms with E-state index < -0.39 is 0 Å². The molecule has 0 saturated carbocycles. The third kappa shape index (κ3) is 2.88. The average Bonchev–Trinajstić information content (AvgIpc) is 2.53. The maximum atomic E-state index is 12.7. The molecule has 1 heterocycles. The van der Waals surface area contributed by atoms with E-state index >= 15 is 0 Å². The van der Waals surface area contributed by atoms with Crippen LogP contribution in [-0.2, 0) is 0 Å². The van der Waals surface area contributed by atoms with E-state index in [0.717, 1.165) is 25.9 Å². The van der Waals surface area contributed by atoms with Crippen LogP contribution in [0.25, 0.3) is 0 Å². The zero-order chi connectivity index (χ0) is 14.5. The number of piperidine rings is 1. The van der Waals surface area contributed by atoms with E-state index in [1.807, 2.05) is 18.0 Å². The minimum absolute atomic E-state index is 0.000648. The fraction of sp³-hybridized carbons (Fsp3) is 0.533. The van der Waals surface area contributed by atoms with Crippen LogP contribution in [0.2, 0.25) is 0 Å². The van der Waals surface area contributed by atoms with Crippen molar-refractivity contribution in [1.29, 1.82) is 0 Å². The third-order valence-electron chi connectivity index (χ3n) is 3.75. The Balaban J connectivity index is 2.24. The summed E-state index contributed by atoms with van der Waals surface area (Å²) in [5, 5.41) is 3.24. The number of benzene rings is 1. The van der Waals surface area contributed by atoms with Crippen LogP contribution in [0.5, 0.6) is 11.5 Å². The summed E-state index contributed by atoms with van der Waals surface area (Å²) in [5.41, 5.74) is 0.559. The Morgan fingerprint density at radius 1 is 1.35 bits per heavy atom. The number of likely N-dealkylation sites (N-methyl/N-ethyl adjacent to an activating group) is 1. The van der Waals surface area contributed by atoms with Gasteiger partial charge in [0.15, 0.2) is 11.5 Å². The van der Waals surface area contributed by atoms with E-state index in [0.29, 0.717) is 23.1 Å². The quantitative estimate of drug-likeness (QED) is 0.907. The summed E-state index contributed by atoms with van der Waals surface area (Å²) < 4.78 is 10.6. The van der Waals surface area contributed by atoms with Crippen molar-refractivity contribution >= 4 is 5.91 Å². The molecule has 0 radical (unpaired) electrons. The monoisotopic (exact) mass is 278 g/mol. The van der Waals surface area contributed by atoms with Crippen LogP contribution in [0.3, 0.4) is 0 Å². The van der Waals surface area contributed by atoms with Crippen molar-refractivity contribution in [3.05, 3.63) is 23.8 Å². The SMILES string of the molecule is CNC1CCCN(C(=O)c2cccc(OC)c2OC)C1. The van der Waals surface area contributed by atoms with Crippen molar-refractivity contribution in [3.8, 4) is 11.5 Å². The van der Waals surface area contributed by atoms with Gasteiger partial charge in [0.25, 0.3) is 5.91 Å². The third-order valence-corrected chi connectivity index (χ3v) is 3.75. The average molecular weight is 278 g/mol. The van der Waals surface area contributed by atoms with E-state index in [4.69, 9.17) is 9.47 Å². The van der Waals surface area contributed by atoms with Crippen LogP contribution in [0.15, 0.2) is 18.2 Å². The second-order valence-electron chi connectivity index (χ2n) is 4.92. The van der Waals surface area contributed by atoms with Crippen molar-refractivity contribution < 1.29 is 14.3 Å². The second kappa shape index (κ2) is 6.61. The summed E-state index contributed by atoms with van der Waals surface area (Å²) in [6.07, 6.45) is 2.12. The van der Waals surface area contributed by atoms with Crippen molar-refractivity contribution in [2.75, 3.05) is 34.4 Å². The molecule has 1 unspecified atom stereocenters. The van der Waals surface area contributed by atoms with E-state index in [9.17, 15) is 4.79 Å². The Hall–Kier alpha value is -1.75. The number of likely N-dealkylation sites (tertiary alicyclic amines) is 1. The minimum atomic E-state index is 0.000648. The van der Waals surface area contributed by atoms with Crippen LogP contribution in [0.1, 0.15) is 23.2 Å². The maximum absolute atomic E-state index is 12.7. The molecule has 1 fully saturated rings. The summed E-state index contributed by atoms with van der Waals surface area (Å²) in [4.78, 5) is 14.5. The minimum Gasteiger partial charge on any atom is -0.493 e. The number of hydrogen-bond acceptors (Lipinski definition) is 4. The molecular weight excluding hydrogens is 256 g/mol. The van der Waals surface area contributed by atoms with E-state index in [2.05, 4.69) is 5.32 Å². The van der Waals surface area contributed by atoms with Gasteiger partial charge in [-0.2, -0.15) is 0 Å². The summed E-state index contributed by atoms with van der Waals surface area (Å²) in [5.74, 6) is 1.09. The largest absolute Gasteiger partial charge is 0.493 e. The summed E-state index contributed by atoms with van der Waals surface area (Å²) in [6.45, 7) is 1.52. The number of carbonyl (C=O) groups excluding carboxylic acids is 1. The number of hydrogen-bond donors (Lipinski definition) is 1. The predicted molar refractivity (Wildman–Crippen MR) is 77.5 cm³/mol. The smallest absolute Gasteiger partial charge is 0.257 e. The highest BCUT2D eigenvalue weighted by Crippen LogP contribution is 2.31. The molecule has 1 aromatic carbocycles. The van der Waals surface area contributed by atoms with Gasteiger partial charge in [0.2, 0.25) is 0 Å². The summed E-state index contributed by atoms with van der Waals surface area (Å²) in [6, 6.07) is 5.76. The van der Waals surface area contributed by atoms with Gasteiger partial charge in [-0.25, -0.2) is 0 Å². The first kappa shape index (κ1) is 14.7. The summed E-state index contributed by atoms with van der Waals surface area (Å²) in [7, 11) is 5.07. The molecule has 1 N–H and O–H groups in total. The normalized spacial score (nSPS) is 18.8. The molecule has 1 atom stereocenters. The zero-order valence-electron chi connectivity index (χ0n) is 12.3. The molecule has 0 aliphatic carbocycles. The van der Waals surface area contributed by atoms with Gasteiger partial charge < -0.3 is 19.7 Å². The molecule has 1 aliphatic heterocycles. The van der Waals surface area contributed by atoms with Gasteiger partial charge in [-0.15, -0.1) is 0 Å². The Kier molecular flexibility index (Phi) is 4.84. The highest BCUT2D eigenvalue weighted by atomic mass is 16.5. The van der Waals surface area contributed by atoms with Crippen LogP contribution in [0.4, 0.5) is 0 Å². The lowest BCUT2D eigenvalue weighted by Gasteiger charge is -2.33. The van der Waals surface area contributed by atoms with Crippen LogP contribution >= 0.6 is 0 Å². The highest BCUT2D eigenvalue weighted by molar-refractivity contribution is 5.97. The predicted octanol–water partition coefficient (Wildman–Crippen LogP) is 1.53. The first-order chi connectivity index (χ1) is 9.71. The molecule has 0 spiro atoms. The molecule has 110 valence electrons. The van der Waals surface area contributed by atoms with Crippen molar-refractivity contribution in [1.82, 2.24) is 10.2 Å². The molecule has 5 heteroatoms. The molecule has 5 nitrogen and oxygen atoms in total. The number of ether oxygens (including phenoxy) is 2. The van der Waals surface area contributed by atoms with Gasteiger partial charge in [0.05, 0.1) is 19.8 Å². The highest BCUT2D eigenvalue weighted by Gasteiger charge is 2.26. The number of nitrogens with zero attached hydrogens (tertiary/aromatic N) is 1. The van der Waals surface area contributed by atoms with Crippen molar-refractivity contribution in [3.63, 3.8) is 0 Å². The Bertz CT molecular complexity index is 476. The first-order valence-corrected chi connectivity index (χ1v) is 6.88. The van der Waals surface area contributed by atoms with Crippen LogP contribution in [-0.4, -0.2) is 51.2 Å². The fourth-order valence-corrected chi connectivity index (χ4v) is 2.62. The first-order valence-electron chi connectivity index (χ1n) is 6.88. The molecule has 0 aromatic heterocycles. The van der Waals surface area contributed by atoms with Gasteiger partial charge in [-0.1, -0.05) is 6.07 Å². The van der Waals surface area contributed by atoms with Crippen LogP contribution in [0, 0.1) is 0 Å². The van der Waals surface area contributed by atoms with Crippen molar-refractivity contribution in [2.24, 2.45) is 0 Å². The molecule has 1 saturated heterocycles. The van der Waals surface area contributed by atoms with Gasteiger partial charge >= 0.3 is 0 Å². The molecule has 2 rings (SSSR count). The van der Waals surface area contributed by atoms with Gasteiger partial charge in [-0.05, 0) is 32.0 Å². The van der Waals surface area contributed by atoms with E-state index in [-0.39, 0.29) is 5.91 Å². The Morgan fingerprint density at radius 2 is 2.15 bits per heavy atom. The Morgan fingerprint density at radius 3 is 2.80 bits per heavy atom. The molecule has 1 amide bonds. The maximum Gasteiger partial charge on any atom is 0.257 e. The number of para-hydroxylation sites is 1. The zero-order valence-corrected chi connectivity index (χ0v) is 12.3. The van der Waals surface area contributed by atoms with E-state index in [1.54, 1.807) is 26.4 Å². The molecule has 1 aromatic rings. The number of amides is 1. The number of methoxy groups -OCH3 is 2. The molecule has 20 heavy (non-hydrogen) atoms. The van der Waals surface area contributed by atoms with Gasteiger partial charge in [0, 0.05) is 19.1 Å². The topological polar surface area (TPSA) is 50.8 Å². The number of carbonyl (C=O) groups is 1. The standard InChI is InChI=1S/C15H22N2O3/c1-16-11-6-5-9-17(10-11)15(18)12-7-4-8-13(19-2)14(12)20-3/h4,7-8,11,16H,5-6,9-10H2,1-3H3. The number of rotatable bonds is 4. The lowest BCUT2D eigenvalue weighted by Crippen LogP contribution is -2.47. The lowest BCUT2D eigenvalue weighted by molar-refractivity contribution is 0.0694. The molecular formula is C15H22N2O3. The van der Waals surface area contributed by atoms with Gasteiger partial charge in [0.1, 0.15) is 0 Å². The molecule has 0 bridgehead atoms. The van der Waals surface area contributed by atoms with Crippen LogP contribution < -0.4 is 14.8 Å².